The van der Waals surface area contributed by atoms with Crippen LogP contribution in [-0.4, -0.2) is 12.0 Å². The van der Waals surface area contributed by atoms with Crippen molar-refractivity contribution in [3.8, 4) is 0 Å². The van der Waals surface area contributed by atoms with Crippen LogP contribution in [0.15, 0.2) is 36.7 Å². The van der Waals surface area contributed by atoms with E-state index >= 15 is 0 Å². The van der Waals surface area contributed by atoms with Crippen LogP contribution in [0, 0.1) is 0 Å². The fraction of sp³-hybridized carbons (Fsp3) is 0.154. The second-order valence-electron chi connectivity index (χ2n) is 4.03. The van der Waals surface area contributed by atoms with Crippen molar-refractivity contribution in [2.24, 2.45) is 0 Å². The van der Waals surface area contributed by atoms with Crippen molar-refractivity contribution in [2.75, 3.05) is 17.7 Å². The number of pyridine rings is 1. The second kappa shape index (κ2) is 5.46. The maximum Gasteiger partial charge on any atom is 0.0639 e. The van der Waals surface area contributed by atoms with Crippen LogP contribution in [0.25, 0.3) is 0 Å². The van der Waals surface area contributed by atoms with Crippen LogP contribution in [0.5, 0.6) is 0 Å². The fourth-order valence-electron chi connectivity index (χ4n) is 1.72. The Morgan fingerprint density at radius 1 is 1.28 bits per heavy atom. The molecule has 0 radical (unpaired) electrons. The van der Waals surface area contributed by atoms with Gasteiger partial charge in [0.1, 0.15) is 0 Å². The molecule has 0 bridgehead atoms. The third-order valence-electron chi connectivity index (χ3n) is 2.67. The van der Waals surface area contributed by atoms with E-state index in [0.29, 0.717) is 22.3 Å². The number of nitrogen functional groups attached to an aromatic ring is 1. The van der Waals surface area contributed by atoms with Crippen molar-refractivity contribution >= 4 is 34.6 Å². The van der Waals surface area contributed by atoms with E-state index in [9.17, 15) is 0 Å². The maximum atomic E-state index is 6.08. The Bertz CT molecular complexity index is 558. The molecule has 0 amide bonds. The van der Waals surface area contributed by atoms with E-state index in [0.717, 1.165) is 11.3 Å². The smallest absolute Gasteiger partial charge is 0.0639 e. The number of hydrogen-bond acceptors (Lipinski definition) is 3. The molecule has 0 saturated carbocycles. The molecule has 0 unspecified atom stereocenters. The van der Waals surface area contributed by atoms with Crippen LogP contribution in [0.1, 0.15) is 5.56 Å². The number of halogens is 2. The number of nitrogens with two attached hydrogens (primary N) is 1. The van der Waals surface area contributed by atoms with Crippen molar-refractivity contribution in [3.05, 3.63) is 52.3 Å². The summed E-state index contributed by atoms with van der Waals surface area (Å²) in [6, 6.07) is 7.29. The van der Waals surface area contributed by atoms with Crippen molar-refractivity contribution < 1.29 is 0 Å². The molecule has 0 aliphatic rings. The molecule has 0 spiro atoms. The largest absolute Gasteiger partial charge is 0.397 e. The normalized spacial score (nSPS) is 10.4. The summed E-state index contributed by atoms with van der Waals surface area (Å²) < 4.78 is 0. The zero-order valence-electron chi connectivity index (χ0n) is 9.90. The molecule has 3 nitrogen and oxygen atoms in total. The van der Waals surface area contributed by atoms with Gasteiger partial charge in [0.15, 0.2) is 0 Å². The van der Waals surface area contributed by atoms with Crippen LogP contribution in [-0.2, 0) is 6.54 Å². The van der Waals surface area contributed by atoms with E-state index < -0.39 is 0 Å². The lowest BCUT2D eigenvalue weighted by atomic mass is 10.2. The van der Waals surface area contributed by atoms with Gasteiger partial charge in [-0.3, -0.25) is 4.98 Å². The van der Waals surface area contributed by atoms with E-state index in [1.54, 1.807) is 24.5 Å². The van der Waals surface area contributed by atoms with Gasteiger partial charge >= 0.3 is 0 Å². The molecule has 1 aromatic heterocycles. The summed E-state index contributed by atoms with van der Waals surface area (Å²) in [7, 11) is 1.94. The Kier molecular flexibility index (Phi) is 3.94. The van der Waals surface area contributed by atoms with Gasteiger partial charge in [0.05, 0.1) is 16.4 Å². The molecule has 0 aliphatic heterocycles. The number of rotatable bonds is 3. The molecule has 1 heterocycles. The predicted octanol–water partition coefficient (Wildman–Crippen LogP) is 3.61. The molecule has 2 rings (SSSR count). The molecular weight excluding hydrogens is 269 g/mol. The highest BCUT2D eigenvalue weighted by Gasteiger charge is 2.08. The number of anilines is 2. The molecule has 0 aliphatic carbocycles. The van der Waals surface area contributed by atoms with Crippen LogP contribution < -0.4 is 10.6 Å². The van der Waals surface area contributed by atoms with E-state index in [4.69, 9.17) is 28.9 Å². The van der Waals surface area contributed by atoms with Gasteiger partial charge in [-0.05, 0) is 29.8 Å². The molecule has 94 valence electrons. The number of benzene rings is 1. The van der Waals surface area contributed by atoms with Gasteiger partial charge in [-0.1, -0.05) is 23.2 Å². The van der Waals surface area contributed by atoms with Crippen molar-refractivity contribution in [1.82, 2.24) is 4.98 Å². The van der Waals surface area contributed by atoms with Gasteiger partial charge in [-0.15, -0.1) is 0 Å². The SMILES string of the molecule is CN(Cc1ccncc1Cl)c1cc(Cl)ccc1N. The minimum atomic E-state index is 0.643. The highest BCUT2D eigenvalue weighted by atomic mass is 35.5. The minimum absolute atomic E-state index is 0.643. The zero-order valence-corrected chi connectivity index (χ0v) is 11.4. The van der Waals surface area contributed by atoms with E-state index in [1.165, 1.54) is 0 Å². The van der Waals surface area contributed by atoms with E-state index in [-0.39, 0.29) is 0 Å². The summed E-state index contributed by atoms with van der Waals surface area (Å²) in [5.74, 6) is 0. The van der Waals surface area contributed by atoms with E-state index in [1.807, 2.05) is 24.1 Å². The predicted molar refractivity (Wildman–Crippen MR) is 77.2 cm³/mol. The second-order valence-corrected chi connectivity index (χ2v) is 4.87. The quantitative estimate of drug-likeness (QED) is 0.874. The van der Waals surface area contributed by atoms with Gasteiger partial charge in [0.2, 0.25) is 0 Å². The van der Waals surface area contributed by atoms with Crippen LogP contribution in [0.2, 0.25) is 10.0 Å². The van der Waals surface area contributed by atoms with Crippen LogP contribution >= 0.6 is 23.2 Å². The highest BCUT2D eigenvalue weighted by Crippen LogP contribution is 2.28. The van der Waals surface area contributed by atoms with Crippen molar-refractivity contribution in [1.29, 1.82) is 0 Å². The average molecular weight is 282 g/mol. The Morgan fingerprint density at radius 2 is 2.06 bits per heavy atom. The summed E-state index contributed by atoms with van der Waals surface area (Å²) in [6.07, 6.45) is 3.35. The molecule has 2 N–H and O–H groups in total. The standard InChI is InChI=1S/C13H13Cl2N3/c1-18(8-9-4-5-17-7-11(9)15)13-6-10(14)2-3-12(13)16/h2-7H,8,16H2,1H3. The Labute approximate surface area is 116 Å². The molecule has 0 fully saturated rings. The third-order valence-corrected chi connectivity index (χ3v) is 3.24. The Morgan fingerprint density at radius 3 is 2.78 bits per heavy atom. The first kappa shape index (κ1) is 13.0. The van der Waals surface area contributed by atoms with E-state index in [2.05, 4.69) is 4.98 Å². The number of aromatic nitrogens is 1. The first-order chi connectivity index (χ1) is 8.58. The summed E-state index contributed by atoms with van der Waals surface area (Å²) in [5.41, 5.74) is 8.50. The molecule has 18 heavy (non-hydrogen) atoms. The summed E-state index contributed by atoms with van der Waals surface area (Å²) in [4.78, 5) is 5.96. The molecule has 5 heteroatoms. The average Bonchev–Trinajstić information content (AvgIpc) is 2.35. The fourth-order valence-corrected chi connectivity index (χ4v) is 2.07. The number of nitrogens with zero attached hydrogens (tertiary/aromatic N) is 2. The lowest BCUT2D eigenvalue weighted by molar-refractivity contribution is 0.921. The Balaban J connectivity index is 2.25. The zero-order chi connectivity index (χ0) is 13.1. The van der Waals surface area contributed by atoms with Gasteiger partial charge < -0.3 is 10.6 Å². The Hall–Kier alpha value is -1.45. The monoisotopic (exact) mass is 281 g/mol. The van der Waals surface area contributed by atoms with Gasteiger partial charge in [0, 0.05) is 31.0 Å². The third kappa shape index (κ3) is 2.86. The molecular formula is C13H13Cl2N3. The topological polar surface area (TPSA) is 42.2 Å². The molecule has 1 aromatic carbocycles. The minimum Gasteiger partial charge on any atom is -0.397 e. The molecule has 0 atom stereocenters. The van der Waals surface area contributed by atoms with Gasteiger partial charge in [-0.25, -0.2) is 0 Å². The lowest BCUT2D eigenvalue weighted by Crippen LogP contribution is -2.18. The first-order valence-corrected chi connectivity index (χ1v) is 6.18. The van der Waals surface area contributed by atoms with Gasteiger partial charge in [0.25, 0.3) is 0 Å². The summed E-state index contributed by atoms with van der Waals surface area (Å²) >= 11 is 12.1. The highest BCUT2D eigenvalue weighted by molar-refractivity contribution is 6.31. The summed E-state index contributed by atoms with van der Waals surface area (Å²) in [6.45, 7) is 0.645. The van der Waals surface area contributed by atoms with Crippen molar-refractivity contribution in [3.63, 3.8) is 0 Å². The van der Waals surface area contributed by atoms with Crippen molar-refractivity contribution in [2.45, 2.75) is 6.54 Å². The maximum absolute atomic E-state index is 6.08. The first-order valence-electron chi connectivity index (χ1n) is 5.42. The van der Waals surface area contributed by atoms with Crippen LogP contribution in [0.4, 0.5) is 11.4 Å². The lowest BCUT2D eigenvalue weighted by Gasteiger charge is -2.21. The van der Waals surface area contributed by atoms with Gasteiger partial charge in [-0.2, -0.15) is 0 Å². The summed E-state index contributed by atoms with van der Waals surface area (Å²) in [5, 5.41) is 1.30. The molecule has 0 saturated heterocycles. The number of hydrogen-bond donors (Lipinski definition) is 1. The molecule has 2 aromatic rings. The van der Waals surface area contributed by atoms with Crippen LogP contribution in [0.3, 0.4) is 0 Å².